The van der Waals surface area contributed by atoms with Gasteiger partial charge in [0.25, 0.3) is 0 Å². The molecule has 0 unspecified atom stereocenters. The number of carbonyl (C=O) groups is 1. The number of carboxylic acid groups (broad SMARTS) is 1. The van der Waals surface area contributed by atoms with Crippen LogP contribution in [0.4, 0.5) is 5.82 Å². The average molecular weight is 399 g/mol. The van der Waals surface area contributed by atoms with Crippen LogP contribution in [0.15, 0.2) is 24.3 Å². The molecule has 0 saturated heterocycles. The van der Waals surface area contributed by atoms with Crippen LogP contribution in [0.1, 0.15) is 51.4 Å². The van der Waals surface area contributed by atoms with Gasteiger partial charge in [-0.1, -0.05) is 18.1 Å². The maximum Gasteiger partial charge on any atom is 0.306 e. The van der Waals surface area contributed by atoms with E-state index >= 15 is 0 Å². The molecule has 2 atom stereocenters. The van der Waals surface area contributed by atoms with Gasteiger partial charge in [-0.2, -0.15) is 0 Å². The number of aryl methyl sites for hydroxylation is 1. The van der Waals surface area contributed by atoms with Crippen LogP contribution in [-0.4, -0.2) is 38.7 Å². The minimum absolute atomic E-state index is 0.0316. The predicted octanol–water partition coefficient (Wildman–Crippen LogP) is 4.11. The summed E-state index contributed by atoms with van der Waals surface area (Å²) in [6.07, 6.45) is 8.36. The molecule has 0 bridgehead atoms. The Morgan fingerprint density at radius 3 is 2.66 bits per heavy atom. The Morgan fingerprint density at radius 2 is 1.93 bits per heavy atom. The summed E-state index contributed by atoms with van der Waals surface area (Å²) >= 11 is 0. The topological polar surface area (TPSA) is 89.3 Å². The standard InChI is InChI=1S/C22H30N4O3/c1-26-21(23-14-15-5-2-3-6-15)20(24-25-26)16-9-11-18(12-10-16)29-19-8-4-7-17(13-19)22(27)28/h9-12,15,17,19,23H,2-8,13-14H2,1H3,(H,27,28)/t17-,19-/m0/s1. The third-order valence-corrected chi connectivity index (χ3v) is 6.27. The smallest absolute Gasteiger partial charge is 0.306 e. The molecule has 1 heterocycles. The van der Waals surface area contributed by atoms with Gasteiger partial charge in [-0.05, 0) is 68.7 Å². The molecule has 0 spiro atoms. The lowest BCUT2D eigenvalue weighted by Gasteiger charge is -2.27. The molecule has 0 amide bonds. The third kappa shape index (κ3) is 4.71. The minimum atomic E-state index is -0.714. The molecule has 2 aliphatic rings. The van der Waals surface area contributed by atoms with Crippen LogP contribution in [0.5, 0.6) is 5.75 Å². The molecule has 7 heteroatoms. The van der Waals surface area contributed by atoms with E-state index in [1.165, 1.54) is 25.7 Å². The van der Waals surface area contributed by atoms with Crippen molar-refractivity contribution in [2.45, 2.75) is 57.5 Å². The minimum Gasteiger partial charge on any atom is -0.490 e. The highest BCUT2D eigenvalue weighted by atomic mass is 16.5. The van der Waals surface area contributed by atoms with Crippen LogP contribution in [0.2, 0.25) is 0 Å². The van der Waals surface area contributed by atoms with E-state index in [9.17, 15) is 9.90 Å². The molecule has 2 aliphatic carbocycles. The predicted molar refractivity (Wildman–Crippen MR) is 111 cm³/mol. The fourth-order valence-corrected chi connectivity index (χ4v) is 4.57. The molecule has 7 nitrogen and oxygen atoms in total. The molecule has 156 valence electrons. The molecule has 4 rings (SSSR count). The van der Waals surface area contributed by atoms with Crippen molar-refractivity contribution >= 4 is 11.8 Å². The number of anilines is 1. The van der Waals surface area contributed by atoms with E-state index < -0.39 is 5.97 Å². The first-order valence-corrected chi connectivity index (χ1v) is 10.7. The van der Waals surface area contributed by atoms with Gasteiger partial charge in [-0.15, -0.1) is 5.10 Å². The summed E-state index contributed by atoms with van der Waals surface area (Å²) in [5, 5.41) is 21.3. The first-order chi connectivity index (χ1) is 14.1. The van der Waals surface area contributed by atoms with Gasteiger partial charge in [-0.25, -0.2) is 4.68 Å². The molecule has 2 saturated carbocycles. The summed E-state index contributed by atoms with van der Waals surface area (Å²) in [6, 6.07) is 7.87. The first kappa shape index (κ1) is 19.7. The third-order valence-electron chi connectivity index (χ3n) is 6.27. The van der Waals surface area contributed by atoms with E-state index in [1.807, 2.05) is 31.3 Å². The van der Waals surface area contributed by atoms with Gasteiger partial charge in [0.05, 0.1) is 12.0 Å². The number of nitrogens with zero attached hydrogens (tertiary/aromatic N) is 3. The number of benzene rings is 1. The normalized spacial score (nSPS) is 22.5. The average Bonchev–Trinajstić information content (AvgIpc) is 3.37. The van der Waals surface area contributed by atoms with Crippen molar-refractivity contribution in [2.24, 2.45) is 18.9 Å². The summed E-state index contributed by atoms with van der Waals surface area (Å²) in [7, 11) is 1.91. The van der Waals surface area contributed by atoms with Gasteiger partial charge >= 0.3 is 5.97 Å². The largest absolute Gasteiger partial charge is 0.490 e. The summed E-state index contributed by atoms with van der Waals surface area (Å²) in [4.78, 5) is 11.2. The van der Waals surface area contributed by atoms with Crippen LogP contribution in [0, 0.1) is 11.8 Å². The maximum atomic E-state index is 11.2. The van der Waals surface area contributed by atoms with E-state index in [0.717, 1.165) is 54.5 Å². The first-order valence-electron chi connectivity index (χ1n) is 10.7. The highest BCUT2D eigenvalue weighted by Gasteiger charge is 2.28. The van der Waals surface area contributed by atoms with Crippen molar-refractivity contribution in [2.75, 3.05) is 11.9 Å². The molecule has 0 radical (unpaired) electrons. The number of aliphatic carboxylic acids is 1. The Hall–Kier alpha value is -2.57. The van der Waals surface area contributed by atoms with E-state index in [4.69, 9.17) is 4.74 Å². The van der Waals surface area contributed by atoms with Crippen molar-refractivity contribution in [1.82, 2.24) is 15.0 Å². The molecule has 1 aromatic heterocycles. The Balaban J connectivity index is 1.41. The SMILES string of the molecule is Cn1nnc(-c2ccc(O[C@H]3CCC[C@H](C(=O)O)C3)cc2)c1NCC1CCCC1. The Labute approximate surface area is 171 Å². The number of ether oxygens (including phenoxy) is 1. The van der Waals surface area contributed by atoms with Gasteiger partial charge in [0.2, 0.25) is 0 Å². The van der Waals surface area contributed by atoms with Crippen molar-refractivity contribution in [1.29, 1.82) is 0 Å². The van der Waals surface area contributed by atoms with Crippen molar-refractivity contribution in [3.8, 4) is 17.0 Å². The summed E-state index contributed by atoms with van der Waals surface area (Å²) < 4.78 is 7.85. The van der Waals surface area contributed by atoms with E-state index in [2.05, 4.69) is 15.6 Å². The van der Waals surface area contributed by atoms with E-state index in [0.29, 0.717) is 6.42 Å². The van der Waals surface area contributed by atoms with Gasteiger partial charge < -0.3 is 15.2 Å². The molecule has 2 fully saturated rings. The lowest BCUT2D eigenvalue weighted by atomic mass is 9.87. The number of aromatic nitrogens is 3. The molecule has 29 heavy (non-hydrogen) atoms. The van der Waals surface area contributed by atoms with Crippen LogP contribution in [-0.2, 0) is 11.8 Å². The zero-order valence-corrected chi connectivity index (χ0v) is 17.0. The lowest BCUT2D eigenvalue weighted by Crippen LogP contribution is -2.29. The zero-order chi connectivity index (χ0) is 20.2. The van der Waals surface area contributed by atoms with Crippen LogP contribution in [0.3, 0.4) is 0 Å². The molecule has 1 aromatic carbocycles. The quantitative estimate of drug-likeness (QED) is 0.730. The Kier molecular flexibility index (Phi) is 6.02. The number of nitrogens with one attached hydrogen (secondary N) is 1. The number of hydrogen-bond donors (Lipinski definition) is 2. The Morgan fingerprint density at radius 1 is 1.17 bits per heavy atom. The van der Waals surface area contributed by atoms with Crippen LogP contribution >= 0.6 is 0 Å². The van der Waals surface area contributed by atoms with Gasteiger partial charge in [0.1, 0.15) is 11.4 Å². The fourth-order valence-electron chi connectivity index (χ4n) is 4.57. The van der Waals surface area contributed by atoms with Crippen LogP contribution < -0.4 is 10.1 Å². The number of rotatable bonds is 7. The number of carboxylic acids is 1. The highest BCUT2D eigenvalue weighted by Crippen LogP contribution is 2.31. The van der Waals surface area contributed by atoms with Gasteiger partial charge in [0.15, 0.2) is 5.82 Å². The van der Waals surface area contributed by atoms with Crippen LogP contribution in [0.25, 0.3) is 11.3 Å². The van der Waals surface area contributed by atoms with E-state index in [-0.39, 0.29) is 12.0 Å². The summed E-state index contributed by atoms with van der Waals surface area (Å²) in [5.74, 6) is 1.45. The van der Waals surface area contributed by atoms with Crippen molar-refractivity contribution < 1.29 is 14.6 Å². The second-order valence-corrected chi connectivity index (χ2v) is 8.41. The van der Waals surface area contributed by atoms with Gasteiger partial charge in [-0.3, -0.25) is 4.79 Å². The Bertz CT molecular complexity index is 827. The lowest BCUT2D eigenvalue weighted by molar-refractivity contribution is -0.143. The van der Waals surface area contributed by atoms with Crippen molar-refractivity contribution in [3.63, 3.8) is 0 Å². The van der Waals surface area contributed by atoms with E-state index in [1.54, 1.807) is 4.68 Å². The second kappa shape index (κ2) is 8.84. The molecular formula is C22H30N4O3. The highest BCUT2D eigenvalue weighted by molar-refractivity contribution is 5.72. The molecular weight excluding hydrogens is 368 g/mol. The van der Waals surface area contributed by atoms with Crippen molar-refractivity contribution in [3.05, 3.63) is 24.3 Å². The summed E-state index contributed by atoms with van der Waals surface area (Å²) in [6.45, 7) is 0.960. The zero-order valence-electron chi connectivity index (χ0n) is 17.0. The molecule has 2 N–H and O–H groups in total. The molecule has 2 aromatic rings. The summed E-state index contributed by atoms with van der Waals surface area (Å²) in [5.41, 5.74) is 1.84. The fraction of sp³-hybridized carbons (Fsp3) is 0.591. The second-order valence-electron chi connectivity index (χ2n) is 8.41. The van der Waals surface area contributed by atoms with Gasteiger partial charge in [0, 0.05) is 19.2 Å². The maximum absolute atomic E-state index is 11.2. The molecule has 0 aliphatic heterocycles. The monoisotopic (exact) mass is 398 g/mol. The number of hydrogen-bond acceptors (Lipinski definition) is 5.